The summed E-state index contributed by atoms with van der Waals surface area (Å²) in [6.45, 7) is 7.72. The van der Waals surface area contributed by atoms with Crippen LogP contribution in [0.15, 0.2) is 0 Å². The number of ether oxygens (including phenoxy) is 1. The maximum absolute atomic E-state index is 8.70. The Kier molecular flexibility index (Phi) is 3.75. The second-order valence-corrected chi connectivity index (χ2v) is 4.14. The van der Waals surface area contributed by atoms with E-state index >= 15 is 0 Å². The number of hydrogen-bond acceptors (Lipinski definition) is 4. The molecule has 0 aromatic carbocycles. The zero-order valence-electron chi connectivity index (χ0n) is 8.69. The first-order valence-electron chi connectivity index (χ1n) is 5.55. The summed E-state index contributed by atoms with van der Waals surface area (Å²) in [5.41, 5.74) is 0. The number of aliphatic hydroxyl groups is 1. The van der Waals surface area contributed by atoms with Gasteiger partial charge in [0.1, 0.15) is 0 Å². The lowest BCUT2D eigenvalue weighted by Crippen LogP contribution is -2.61. The summed E-state index contributed by atoms with van der Waals surface area (Å²) < 4.78 is 5.32. The van der Waals surface area contributed by atoms with Gasteiger partial charge < -0.3 is 14.7 Å². The molecule has 0 amide bonds. The molecule has 0 aromatic heterocycles. The molecule has 4 heteroatoms. The lowest BCUT2D eigenvalue weighted by molar-refractivity contribution is -0.0329. The third-order valence-electron chi connectivity index (χ3n) is 3.13. The Morgan fingerprint density at radius 2 is 1.93 bits per heavy atom. The smallest absolute Gasteiger partial charge is 0.0594 e. The van der Waals surface area contributed by atoms with E-state index in [1.807, 2.05) is 0 Å². The first-order valence-corrected chi connectivity index (χ1v) is 5.55. The van der Waals surface area contributed by atoms with Gasteiger partial charge in [-0.15, -0.1) is 0 Å². The lowest BCUT2D eigenvalue weighted by Gasteiger charge is -2.46. The van der Waals surface area contributed by atoms with Crippen molar-refractivity contribution in [3.63, 3.8) is 0 Å². The largest absolute Gasteiger partial charge is 0.396 e. The molecule has 0 unspecified atom stereocenters. The molecular weight excluding hydrogens is 180 g/mol. The highest BCUT2D eigenvalue weighted by molar-refractivity contribution is 4.88. The van der Waals surface area contributed by atoms with Crippen molar-refractivity contribution in [3.05, 3.63) is 0 Å². The molecule has 0 atom stereocenters. The summed E-state index contributed by atoms with van der Waals surface area (Å²) in [4.78, 5) is 4.94. The van der Waals surface area contributed by atoms with Crippen LogP contribution in [0.4, 0.5) is 0 Å². The zero-order valence-corrected chi connectivity index (χ0v) is 8.69. The summed E-state index contributed by atoms with van der Waals surface area (Å²) in [6, 6.07) is 0.748. The predicted molar refractivity (Wildman–Crippen MR) is 54.3 cm³/mol. The molecule has 0 bridgehead atoms. The Morgan fingerprint density at radius 3 is 2.57 bits per heavy atom. The topological polar surface area (TPSA) is 35.9 Å². The minimum atomic E-state index is 0.318. The zero-order chi connectivity index (χ0) is 9.80. The molecule has 0 aliphatic carbocycles. The quantitative estimate of drug-likeness (QED) is 0.656. The Morgan fingerprint density at radius 1 is 1.21 bits per heavy atom. The summed E-state index contributed by atoms with van der Waals surface area (Å²) in [7, 11) is 0. The van der Waals surface area contributed by atoms with Gasteiger partial charge in [0.2, 0.25) is 0 Å². The monoisotopic (exact) mass is 200 g/mol. The van der Waals surface area contributed by atoms with Crippen LogP contribution in [0.25, 0.3) is 0 Å². The molecule has 4 nitrogen and oxygen atoms in total. The van der Waals surface area contributed by atoms with Crippen molar-refractivity contribution in [1.82, 2.24) is 9.80 Å². The highest BCUT2D eigenvalue weighted by atomic mass is 16.5. The van der Waals surface area contributed by atoms with Crippen LogP contribution < -0.4 is 0 Å². The number of morpholine rings is 1. The third kappa shape index (κ3) is 2.45. The Balaban J connectivity index is 1.61. The molecule has 14 heavy (non-hydrogen) atoms. The number of aliphatic hydroxyl groups excluding tert-OH is 1. The average molecular weight is 200 g/mol. The highest BCUT2D eigenvalue weighted by Crippen LogP contribution is 2.16. The standard InChI is InChI=1S/C10H20N2O2/c13-5-1-2-11-8-10(9-11)12-3-6-14-7-4-12/h10,13H,1-9H2. The minimum Gasteiger partial charge on any atom is -0.396 e. The van der Waals surface area contributed by atoms with Gasteiger partial charge in [-0.1, -0.05) is 0 Å². The molecule has 2 rings (SSSR count). The molecule has 0 spiro atoms. The Bertz CT molecular complexity index is 166. The SMILES string of the molecule is OCCCN1CC(N2CCOCC2)C1. The number of nitrogens with zero attached hydrogens (tertiary/aromatic N) is 2. The maximum Gasteiger partial charge on any atom is 0.0594 e. The van der Waals surface area contributed by atoms with Crippen molar-refractivity contribution in [2.75, 3.05) is 52.5 Å². The average Bonchev–Trinajstić information content (AvgIpc) is 2.17. The van der Waals surface area contributed by atoms with E-state index in [0.29, 0.717) is 6.61 Å². The van der Waals surface area contributed by atoms with Gasteiger partial charge in [-0.05, 0) is 6.42 Å². The van der Waals surface area contributed by atoms with Crippen LogP contribution in [0.1, 0.15) is 6.42 Å². The molecular formula is C10H20N2O2. The van der Waals surface area contributed by atoms with Gasteiger partial charge in [0.05, 0.1) is 13.2 Å². The maximum atomic E-state index is 8.70. The molecule has 2 saturated heterocycles. The fourth-order valence-electron chi connectivity index (χ4n) is 2.19. The second-order valence-electron chi connectivity index (χ2n) is 4.14. The highest BCUT2D eigenvalue weighted by Gasteiger charge is 2.31. The molecule has 2 heterocycles. The minimum absolute atomic E-state index is 0.318. The Labute approximate surface area is 85.4 Å². The van der Waals surface area contributed by atoms with Crippen molar-refractivity contribution in [2.24, 2.45) is 0 Å². The summed E-state index contributed by atoms with van der Waals surface area (Å²) in [6.07, 6.45) is 0.913. The van der Waals surface area contributed by atoms with Crippen molar-refractivity contribution < 1.29 is 9.84 Å². The van der Waals surface area contributed by atoms with Crippen LogP contribution in [-0.4, -0.2) is 73.5 Å². The summed E-state index contributed by atoms with van der Waals surface area (Å²) in [5.74, 6) is 0. The fraction of sp³-hybridized carbons (Fsp3) is 1.00. The van der Waals surface area contributed by atoms with Gasteiger partial charge in [0.15, 0.2) is 0 Å². The van der Waals surface area contributed by atoms with Crippen LogP contribution >= 0.6 is 0 Å². The molecule has 1 N–H and O–H groups in total. The lowest BCUT2D eigenvalue weighted by atomic mass is 10.1. The molecule has 82 valence electrons. The fourth-order valence-corrected chi connectivity index (χ4v) is 2.19. The van der Waals surface area contributed by atoms with Gasteiger partial charge in [-0.2, -0.15) is 0 Å². The third-order valence-corrected chi connectivity index (χ3v) is 3.13. The molecule has 2 aliphatic rings. The normalized spacial score (nSPS) is 26.4. The van der Waals surface area contributed by atoms with Crippen LogP contribution in [0.3, 0.4) is 0 Å². The molecule has 0 aromatic rings. The van der Waals surface area contributed by atoms with Crippen LogP contribution in [0.5, 0.6) is 0 Å². The first-order chi connectivity index (χ1) is 6.90. The van der Waals surface area contributed by atoms with E-state index in [1.54, 1.807) is 0 Å². The van der Waals surface area contributed by atoms with E-state index < -0.39 is 0 Å². The first kappa shape index (κ1) is 10.4. The molecule has 2 fully saturated rings. The van der Waals surface area contributed by atoms with Crippen molar-refractivity contribution in [3.8, 4) is 0 Å². The van der Waals surface area contributed by atoms with E-state index in [2.05, 4.69) is 9.80 Å². The van der Waals surface area contributed by atoms with Gasteiger partial charge in [0.25, 0.3) is 0 Å². The van der Waals surface area contributed by atoms with Crippen LogP contribution in [0.2, 0.25) is 0 Å². The summed E-state index contributed by atoms with van der Waals surface area (Å²) >= 11 is 0. The van der Waals surface area contributed by atoms with Gasteiger partial charge >= 0.3 is 0 Å². The van der Waals surface area contributed by atoms with Crippen LogP contribution in [0, 0.1) is 0 Å². The van der Waals surface area contributed by atoms with E-state index in [1.165, 1.54) is 13.1 Å². The number of rotatable bonds is 4. The van der Waals surface area contributed by atoms with Gasteiger partial charge in [-0.3, -0.25) is 4.90 Å². The summed E-state index contributed by atoms with van der Waals surface area (Å²) in [5, 5.41) is 8.70. The van der Waals surface area contributed by atoms with E-state index in [9.17, 15) is 0 Å². The van der Waals surface area contributed by atoms with Crippen molar-refractivity contribution >= 4 is 0 Å². The van der Waals surface area contributed by atoms with Crippen LogP contribution in [-0.2, 0) is 4.74 Å². The number of hydrogen-bond donors (Lipinski definition) is 1. The molecule has 0 radical (unpaired) electrons. The van der Waals surface area contributed by atoms with E-state index in [0.717, 1.165) is 45.3 Å². The van der Waals surface area contributed by atoms with Crippen molar-refractivity contribution in [1.29, 1.82) is 0 Å². The number of likely N-dealkylation sites (tertiary alicyclic amines) is 1. The predicted octanol–water partition coefficient (Wildman–Crippen LogP) is -0.615. The molecule has 2 aliphatic heterocycles. The second kappa shape index (κ2) is 5.07. The van der Waals surface area contributed by atoms with Gasteiger partial charge in [0, 0.05) is 45.4 Å². The van der Waals surface area contributed by atoms with E-state index in [4.69, 9.17) is 9.84 Å². The van der Waals surface area contributed by atoms with Crippen molar-refractivity contribution in [2.45, 2.75) is 12.5 Å². The van der Waals surface area contributed by atoms with E-state index in [-0.39, 0.29) is 0 Å². The Hall–Kier alpha value is -0.160. The molecule has 0 saturated carbocycles. The van der Waals surface area contributed by atoms with Gasteiger partial charge in [-0.25, -0.2) is 0 Å².